The van der Waals surface area contributed by atoms with Crippen LogP contribution >= 0.6 is 0 Å². The normalized spacial score (nSPS) is 10.1. The van der Waals surface area contributed by atoms with Crippen LogP contribution in [0.5, 0.6) is 17.2 Å². The highest BCUT2D eigenvalue weighted by molar-refractivity contribution is 6.07. The van der Waals surface area contributed by atoms with Gasteiger partial charge in [-0.2, -0.15) is 0 Å². The minimum absolute atomic E-state index is 0.102. The third kappa shape index (κ3) is 6.97. The lowest BCUT2D eigenvalue weighted by molar-refractivity contribution is -0.115. The van der Waals surface area contributed by atoms with Gasteiger partial charge in [0.25, 0.3) is 5.91 Å². The van der Waals surface area contributed by atoms with Gasteiger partial charge in [0, 0.05) is 5.56 Å². The first-order valence-corrected chi connectivity index (χ1v) is 10.8. The van der Waals surface area contributed by atoms with E-state index in [9.17, 15) is 14.4 Å². The molecule has 182 valence electrons. The minimum atomic E-state index is -0.817. The van der Waals surface area contributed by atoms with Crippen molar-refractivity contribution in [2.45, 2.75) is 13.3 Å². The maximum absolute atomic E-state index is 12.7. The zero-order valence-corrected chi connectivity index (χ0v) is 19.6. The van der Waals surface area contributed by atoms with Crippen LogP contribution in [0.4, 0.5) is 16.2 Å². The van der Waals surface area contributed by atoms with E-state index in [0.29, 0.717) is 28.4 Å². The van der Waals surface area contributed by atoms with E-state index < -0.39 is 12.1 Å². The number of carbonyl (C=O) groups is 3. The molecule has 0 saturated heterocycles. The third-order valence-corrected chi connectivity index (χ3v) is 4.84. The summed E-state index contributed by atoms with van der Waals surface area (Å²) in [5.74, 6) is 0.700. The third-order valence-electron chi connectivity index (χ3n) is 4.84. The van der Waals surface area contributed by atoms with Gasteiger partial charge in [0.2, 0.25) is 5.91 Å². The molecule has 35 heavy (non-hydrogen) atoms. The van der Waals surface area contributed by atoms with Crippen molar-refractivity contribution in [3.05, 3.63) is 77.9 Å². The van der Waals surface area contributed by atoms with Gasteiger partial charge in [-0.15, -0.1) is 0 Å². The number of hydrogen-bond donors (Lipinski definition) is 2. The molecule has 0 bridgehead atoms. The number of nitrogens with one attached hydrogen (secondary N) is 2. The van der Waals surface area contributed by atoms with Crippen molar-refractivity contribution in [3.63, 3.8) is 0 Å². The molecule has 0 spiro atoms. The first-order valence-electron chi connectivity index (χ1n) is 10.8. The largest absolute Gasteiger partial charge is 0.513 e. The number of methoxy groups -OCH3 is 2. The van der Waals surface area contributed by atoms with Crippen molar-refractivity contribution >= 4 is 29.3 Å². The quantitative estimate of drug-likeness (QED) is 0.339. The van der Waals surface area contributed by atoms with E-state index in [4.69, 9.17) is 18.9 Å². The lowest BCUT2D eigenvalue weighted by Crippen LogP contribution is -2.18. The summed E-state index contributed by atoms with van der Waals surface area (Å²) in [5, 5.41) is 5.61. The molecule has 0 saturated carbocycles. The van der Waals surface area contributed by atoms with Crippen molar-refractivity contribution in [3.8, 4) is 17.2 Å². The predicted molar refractivity (Wildman–Crippen MR) is 130 cm³/mol. The van der Waals surface area contributed by atoms with Gasteiger partial charge in [-0.1, -0.05) is 18.2 Å². The van der Waals surface area contributed by atoms with Gasteiger partial charge >= 0.3 is 6.16 Å². The van der Waals surface area contributed by atoms with Gasteiger partial charge in [-0.3, -0.25) is 9.59 Å². The monoisotopic (exact) mass is 478 g/mol. The number of amides is 2. The van der Waals surface area contributed by atoms with Crippen LogP contribution in [0.25, 0.3) is 0 Å². The van der Waals surface area contributed by atoms with E-state index in [1.54, 1.807) is 56.5 Å². The Morgan fingerprint density at radius 1 is 0.800 bits per heavy atom. The van der Waals surface area contributed by atoms with Crippen molar-refractivity contribution in [2.75, 3.05) is 31.5 Å². The second kappa shape index (κ2) is 12.1. The second-order valence-electron chi connectivity index (χ2n) is 7.22. The molecular weight excluding hydrogens is 452 g/mol. The second-order valence-corrected chi connectivity index (χ2v) is 7.22. The number of ether oxygens (including phenoxy) is 4. The number of carbonyl (C=O) groups excluding carboxylic acids is 3. The highest BCUT2D eigenvalue weighted by Gasteiger charge is 2.13. The molecule has 0 aliphatic heterocycles. The molecule has 0 fully saturated rings. The van der Waals surface area contributed by atoms with Crippen LogP contribution < -0.4 is 24.8 Å². The Labute approximate surface area is 203 Å². The fraction of sp³-hybridized carbons (Fsp3) is 0.192. The van der Waals surface area contributed by atoms with Gasteiger partial charge in [0.1, 0.15) is 5.75 Å². The van der Waals surface area contributed by atoms with E-state index in [-0.39, 0.29) is 24.7 Å². The number of benzene rings is 3. The lowest BCUT2D eigenvalue weighted by atomic mass is 10.1. The van der Waals surface area contributed by atoms with Crippen LogP contribution in [-0.2, 0) is 16.0 Å². The van der Waals surface area contributed by atoms with Gasteiger partial charge in [-0.05, 0) is 61.0 Å². The Morgan fingerprint density at radius 3 is 2.09 bits per heavy atom. The molecule has 0 radical (unpaired) electrons. The average molecular weight is 479 g/mol. The standard InChI is InChI=1S/C26H26N2O7/c1-4-34-26(31)35-19-12-10-18(11-13-19)25(30)28-21-8-6-5-7-20(21)27-24(29)16-17-9-14-22(32-2)23(15-17)33-3/h5-15H,4,16H2,1-3H3,(H,27,29)(H,28,30). The highest BCUT2D eigenvalue weighted by atomic mass is 16.7. The summed E-state index contributed by atoms with van der Waals surface area (Å²) >= 11 is 0. The Bertz CT molecular complexity index is 1190. The number of rotatable bonds is 9. The number of hydrogen-bond acceptors (Lipinski definition) is 7. The average Bonchev–Trinajstić information content (AvgIpc) is 2.85. The van der Waals surface area contributed by atoms with Gasteiger partial charge in [-0.25, -0.2) is 4.79 Å². The summed E-state index contributed by atoms with van der Waals surface area (Å²) in [6.07, 6.45) is -0.715. The summed E-state index contributed by atoms with van der Waals surface area (Å²) in [7, 11) is 3.07. The first kappa shape index (κ1) is 25.1. The van der Waals surface area contributed by atoms with Gasteiger partial charge in [0.05, 0.1) is 38.6 Å². The minimum Gasteiger partial charge on any atom is -0.493 e. The van der Waals surface area contributed by atoms with Crippen LogP contribution in [0, 0.1) is 0 Å². The molecule has 9 heteroatoms. The Morgan fingerprint density at radius 2 is 1.46 bits per heavy atom. The molecule has 2 N–H and O–H groups in total. The molecule has 3 aromatic carbocycles. The fourth-order valence-corrected chi connectivity index (χ4v) is 3.18. The molecule has 0 atom stereocenters. The molecule has 3 aromatic rings. The maximum atomic E-state index is 12.7. The van der Waals surface area contributed by atoms with Crippen LogP contribution in [-0.4, -0.2) is 38.8 Å². The summed E-state index contributed by atoms with van der Waals surface area (Å²) in [4.78, 5) is 36.8. The van der Waals surface area contributed by atoms with Gasteiger partial charge < -0.3 is 29.6 Å². The van der Waals surface area contributed by atoms with Gasteiger partial charge in [0.15, 0.2) is 11.5 Å². The summed E-state index contributed by atoms with van der Waals surface area (Å²) in [5.41, 5.74) is 1.97. The molecule has 0 aliphatic rings. The van der Waals surface area contributed by atoms with Crippen LogP contribution in [0.2, 0.25) is 0 Å². The smallest absolute Gasteiger partial charge is 0.493 e. The van der Waals surface area contributed by atoms with E-state index in [2.05, 4.69) is 10.6 Å². The topological polar surface area (TPSA) is 112 Å². The molecule has 0 aliphatic carbocycles. The van der Waals surface area contributed by atoms with E-state index >= 15 is 0 Å². The molecule has 3 rings (SSSR count). The zero-order chi connectivity index (χ0) is 25.2. The summed E-state index contributed by atoms with van der Waals surface area (Å²) in [6, 6.07) is 18.1. The van der Waals surface area contributed by atoms with Crippen LogP contribution in [0.1, 0.15) is 22.8 Å². The molecule has 0 aromatic heterocycles. The maximum Gasteiger partial charge on any atom is 0.513 e. The van der Waals surface area contributed by atoms with E-state index in [1.165, 1.54) is 31.4 Å². The highest BCUT2D eigenvalue weighted by Crippen LogP contribution is 2.28. The molecular formula is C26H26N2O7. The SMILES string of the molecule is CCOC(=O)Oc1ccc(C(=O)Nc2ccccc2NC(=O)Cc2ccc(OC)c(OC)c2)cc1. The number of anilines is 2. The Kier molecular flexibility index (Phi) is 8.66. The Balaban J connectivity index is 1.65. The summed E-state index contributed by atoms with van der Waals surface area (Å²) in [6.45, 7) is 1.87. The summed E-state index contributed by atoms with van der Waals surface area (Å²) < 4.78 is 20.2. The van der Waals surface area contributed by atoms with Crippen molar-refractivity contribution in [1.29, 1.82) is 0 Å². The first-order chi connectivity index (χ1) is 16.9. The molecule has 9 nitrogen and oxygen atoms in total. The number of para-hydroxylation sites is 2. The predicted octanol–water partition coefficient (Wildman–Crippen LogP) is 4.67. The van der Waals surface area contributed by atoms with Crippen molar-refractivity contribution in [2.24, 2.45) is 0 Å². The molecule has 0 heterocycles. The molecule has 0 unspecified atom stereocenters. The fourth-order valence-electron chi connectivity index (χ4n) is 3.18. The van der Waals surface area contributed by atoms with Crippen LogP contribution in [0.3, 0.4) is 0 Å². The Hall–Kier alpha value is -4.53. The van der Waals surface area contributed by atoms with E-state index in [1.807, 2.05) is 0 Å². The van der Waals surface area contributed by atoms with E-state index in [0.717, 1.165) is 5.56 Å². The zero-order valence-electron chi connectivity index (χ0n) is 19.6. The van der Waals surface area contributed by atoms with Crippen molar-refractivity contribution < 1.29 is 33.3 Å². The molecule has 2 amide bonds. The lowest BCUT2D eigenvalue weighted by Gasteiger charge is -2.13. The van der Waals surface area contributed by atoms with Crippen molar-refractivity contribution in [1.82, 2.24) is 0 Å². The van der Waals surface area contributed by atoms with Crippen LogP contribution in [0.15, 0.2) is 66.7 Å².